The summed E-state index contributed by atoms with van der Waals surface area (Å²) in [6.07, 6.45) is 1.40. The number of aliphatic hydroxyl groups excluding tert-OH is 2. The molecule has 1 aliphatic heterocycles. The largest absolute Gasteiger partial charge is 0.390 e. The number of rotatable bonds is 1. The van der Waals surface area contributed by atoms with Crippen molar-refractivity contribution in [3.05, 3.63) is 0 Å². The molecule has 88 valence electrons. The molecule has 1 heterocycles. The number of nitrogens with zero attached hydrogens (tertiary/aromatic N) is 1. The maximum absolute atomic E-state index is 9.52. The van der Waals surface area contributed by atoms with Crippen molar-refractivity contribution in [1.29, 1.82) is 0 Å². The molecule has 4 nitrogen and oxygen atoms in total. The average molecular weight is 214 g/mol. The van der Waals surface area contributed by atoms with E-state index in [-0.39, 0.29) is 0 Å². The minimum atomic E-state index is -0.527. The van der Waals surface area contributed by atoms with Gasteiger partial charge in [-0.3, -0.25) is 4.90 Å². The minimum absolute atomic E-state index is 0.317. The van der Waals surface area contributed by atoms with Gasteiger partial charge in [0.1, 0.15) is 0 Å². The Hall–Kier alpha value is -0.160. The monoisotopic (exact) mass is 214 g/mol. The topological polar surface area (TPSA) is 69.7 Å². The first kappa shape index (κ1) is 11.3. The molecule has 15 heavy (non-hydrogen) atoms. The Labute approximate surface area is 91.1 Å². The molecule has 4 unspecified atom stereocenters. The summed E-state index contributed by atoms with van der Waals surface area (Å²) >= 11 is 0. The van der Waals surface area contributed by atoms with Gasteiger partial charge in [0.25, 0.3) is 0 Å². The normalized spacial score (nSPS) is 48.4. The summed E-state index contributed by atoms with van der Waals surface area (Å²) in [5.74, 6) is 0.522. The van der Waals surface area contributed by atoms with Gasteiger partial charge in [-0.15, -0.1) is 0 Å². The summed E-state index contributed by atoms with van der Waals surface area (Å²) in [5.41, 5.74) is 5.97. The van der Waals surface area contributed by atoms with Crippen molar-refractivity contribution < 1.29 is 10.2 Å². The van der Waals surface area contributed by atoms with Crippen LogP contribution in [0.1, 0.15) is 26.2 Å². The fourth-order valence-corrected chi connectivity index (χ4v) is 2.79. The van der Waals surface area contributed by atoms with Crippen molar-refractivity contribution in [3.8, 4) is 0 Å². The number of nitrogens with two attached hydrogens (primary N) is 1. The molecule has 0 aromatic heterocycles. The van der Waals surface area contributed by atoms with E-state index in [0.29, 0.717) is 30.8 Å². The number of aliphatic hydroxyl groups is 2. The number of likely N-dealkylation sites (tertiary alicyclic amines) is 1. The van der Waals surface area contributed by atoms with Crippen LogP contribution in [0.4, 0.5) is 0 Å². The summed E-state index contributed by atoms with van der Waals surface area (Å²) in [4.78, 5) is 2.38. The van der Waals surface area contributed by atoms with Crippen LogP contribution in [0, 0.1) is 5.92 Å². The molecule has 2 aliphatic rings. The predicted octanol–water partition coefficient (Wildman–Crippen LogP) is -0.460. The Kier molecular flexibility index (Phi) is 3.30. The number of piperidine rings is 1. The third-order valence-electron chi connectivity index (χ3n) is 3.99. The van der Waals surface area contributed by atoms with E-state index >= 15 is 0 Å². The molecule has 0 aromatic carbocycles. The van der Waals surface area contributed by atoms with E-state index in [1.807, 2.05) is 0 Å². The van der Waals surface area contributed by atoms with Crippen LogP contribution in [0.5, 0.6) is 0 Å². The van der Waals surface area contributed by atoms with Crippen LogP contribution in [0.2, 0.25) is 0 Å². The molecular weight excluding hydrogens is 192 g/mol. The van der Waals surface area contributed by atoms with Gasteiger partial charge in [-0.25, -0.2) is 0 Å². The van der Waals surface area contributed by atoms with Gasteiger partial charge in [0, 0.05) is 18.6 Å². The predicted molar refractivity (Wildman–Crippen MR) is 58.4 cm³/mol. The fourth-order valence-electron chi connectivity index (χ4n) is 2.79. The lowest BCUT2D eigenvalue weighted by molar-refractivity contribution is 0.0438. The van der Waals surface area contributed by atoms with Gasteiger partial charge in [-0.1, -0.05) is 6.92 Å². The Balaban J connectivity index is 1.90. The highest BCUT2D eigenvalue weighted by Gasteiger charge is 2.37. The summed E-state index contributed by atoms with van der Waals surface area (Å²) in [7, 11) is 0. The molecule has 4 heteroatoms. The molecule has 0 amide bonds. The van der Waals surface area contributed by atoms with Gasteiger partial charge < -0.3 is 15.9 Å². The highest BCUT2D eigenvalue weighted by atomic mass is 16.3. The second-order valence-electron chi connectivity index (χ2n) is 5.18. The van der Waals surface area contributed by atoms with Crippen molar-refractivity contribution in [2.45, 2.75) is 50.5 Å². The zero-order valence-electron chi connectivity index (χ0n) is 9.34. The molecule has 4 N–H and O–H groups in total. The van der Waals surface area contributed by atoms with Crippen molar-refractivity contribution >= 4 is 0 Å². The van der Waals surface area contributed by atoms with Crippen molar-refractivity contribution in [2.75, 3.05) is 13.1 Å². The van der Waals surface area contributed by atoms with E-state index in [1.165, 1.54) is 0 Å². The Morgan fingerprint density at radius 3 is 2.33 bits per heavy atom. The molecule has 4 atom stereocenters. The molecule has 1 aliphatic carbocycles. The molecular formula is C11H22N2O2. The van der Waals surface area contributed by atoms with Gasteiger partial charge in [-0.05, 0) is 31.7 Å². The Bertz CT molecular complexity index is 215. The zero-order valence-corrected chi connectivity index (χ0v) is 9.34. The van der Waals surface area contributed by atoms with Gasteiger partial charge >= 0.3 is 0 Å². The van der Waals surface area contributed by atoms with Crippen LogP contribution in [-0.4, -0.2) is 52.5 Å². The molecule has 1 saturated carbocycles. The first-order chi connectivity index (χ1) is 7.08. The van der Waals surface area contributed by atoms with Crippen LogP contribution in [0.3, 0.4) is 0 Å². The SMILES string of the molecule is CC1CN(C2CC(O)C(O)C2)CCC1N. The quantitative estimate of drug-likeness (QED) is 0.552. The first-order valence-corrected chi connectivity index (χ1v) is 5.93. The fraction of sp³-hybridized carbons (Fsp3) is 1.00. The third-order valence-corrected chi connectivity index (χ3v) is 3.99. The summed E-state index contributed by atoms with van der Waals surface area (Å²) in [5, 5.41) is 19.0. The second kappa shape index (κ2) is 4.37. The maximum Gasteiger partial charge on any atom is 0.0814 e. The van der Waals surface area contributed by atoms with Crippen molar-refractivity contribution in [3.63, 3.8) is 0 Å². The molecule has 2 rings (SSSR count). The van der Waals surface area contributed by atoms with Crippen molar-refractivity contribution in [1.82, 2.24) is 4.90 Å². The van der Waals surface area contributed by atoms with Crippen LogP contribution in [-0.2, 0) is 0 Å². The van der Waals surface area contributed by atoms with Crippen LogP contribution >= 0.6 is 0 Å². The summed E-state index contributed by atoms with van der Waals surface area (Å²) in [6, 6.07) is 0.669. The van der Waals surface area contributed by atoms with E-state index in [4.69, 9.17) is 5.73 Å². The standard InChI is InChI=1S/C11H22N2O2/c1-7-6-13(3-2-9(7)12)8-4-10(14)11(15)5-8/h7-11,14-15H,2-6,12H2,1H3. The molecule has 0 aromatic rings. The maximum atomic E-state index is 9.52. The van der Waals surface area contributed by atoms with E-state index in [2.05, 4.69) is 11.8 Å². The highest BCUT2D eigenvalue weighted by molar-refractivity contribution is 4.92. The van der Waals surface area contributed by atoms with E-state index in [1.54, 1.807) is 0 Å². The molecule has 0 spiro atoms. The lowest BCUT2D eigenvalue weighted by Gasteiger charge is -2.38. The lowest BCUT2D eigenvalue weighted by atomic mass is 9.93. The van der Waals surface area contributed by atoms with E-state index < -0.39 is 12.2 Å². The van der Waals surface area contributed by atoms with Crippen molar-refractivity contribution in [2.24, 2.45) is 11.7 Å². The van der Waals surface area contributed by atoms with Crippen LogP contribution < -0.4 is 5.73 Å². The summed E-state index contributed by atoms with van der Waals surface area (Å²) < 4.78 is 0. The van der Waals surface area contributed by atoms with E-state index in [9.17, 15) is 10.2 Å². The van der Waals surface area contributed by atoms with E-state index in [0.717, 1.165) is 19.5 Å². The molecule has 0 bridgehead atoms. The average Bonchev–Trinajstić information content (AvgIpc) is 2.52. The third kappa shape index (κ3) is 2.33. The highest BCUT2D eigenvalue weighted by Crippen LogP contribution is 2.28. The molecule has 0 radical (unpaired) electrons. The van der Waals surface area contributed by atoms with Gasteiger partial charge in [0.05, 0.1) is 12.2 Å². The van der Waals surface area contributed by atoms with Gasteiger partial charge in [0.2, 0.25) is 0 Å². The lowest BCUT2D eigenvalue weighted by Crippen LogP contribution is -2.49. The second-order valence-corrected chi connectivity index (χ2v) is 5.18. The van der Waals surface area contributed by atoms with Gasteiger partial charge in [-0.2, -0.15) is 0 Å². The number of hydrogen-bond acceptors (Lipinski definition) is 4. The Morgan fingerprint density at radius 1 is 1.20 bits per heavy atom. The zero-order chi connectivity index (χ0) is 11.0. The molecule has 1 saturated heterocycles. The first-order valence-electron chi connectivity index (χ1n) is 5.93. The minimum Gasteiger partial charge on any atom is -0.390 e. The van der Waals surface area contributed by atoms with Gasteiger partial charge in [0.15, 0.2) is 0 Å². The smallest absolute Gasteiger partial charge is 0.0814 e. The molecule has 2 fully saturated rings. The summed E-state index contributed by atoms with van der Waals surface area (Å²) in [6.45, 7) is 4.19. The Morgan fingerprint density at radius 2 is 1.80 bits per heavy atom. The van der Waals surface area contributed by atoms with Crippen LogP contribution in [0.25, 0.3) is 0 Å². The van der Waals surface area contributed by atoms with Crippen LogP contribution in [0.15, 0.2) is 0 Å². The number of hydrogen-bond donors (Lipinski definition) is 3.